The Morgan fingerprint density at radius 1 is 1.39 bits per heavy atom. The van der Waals surface area contributed by atoms with Gasteiger partial charge in [-0.05, 0) is 42.7 Å². The molecule has 0 unspecified atom stereocenters. The van der Waals surface area contributed by atoms with Crippen LogP contribution in [0.3, 0.4) is 0 Å². The average molecular weight is 426 g/mol. The molecule has 0 spiro atoms. The van der Waals surface area contributed by atoms with Crippen LogP contribution in [-0.2, 0) is 23.1 Å². The molecule has 1 aromatic carbocycles. The molecule has 0 aliphatic carbocycles. The molecule has 1 atom stereocenters. The molecule has 0 saturated heterocycles. The second-order valence-corrected chi connectivity index (χ2v) is 7.24. The molecule has 1 aliphatic heterocycles. The molecule has 0 radical (unpaired) electrons. The first-order valence-electron chi connectivity index (χ1n) is 8.71. The van der Waals surface area contributed by atoms with Crippen molar-refractivity contribution in [3.05, 3.63) is 63.7 Å². The van der Waals surface area contributed by atoms with Crippen molar-refractivity contribution in [3.8, 4) is 0 Å². The van der Waals surface area contributed by atoms with Gasteiger partial charge >= 0.3 is 0 Å². The predicted octanol–water partition coefficient (Wildman–Crippen LogP) is 3.89. The van der Waals surface area contributed by atoms with Crippen LogP contribution in [0, 0.1) is 5.82 Å². The molecule has 0 fully saturated rings. The molecule has 2 N–H and O–H groups in total. The van der Waals surface area contributed by atoms with Crippen LogP contribution < -0.4 is 5.73 Å². The first-order valence-corrected chi connectivity index (χ1v) is 9.08. The Morgan fingerprint density at radius 2 is 2.14 bits per heavy atom. The number of amidine groups is 1. The number of carbonyl (C=O) groups excluding carboxylic acids is 1. The maximum absolute atomic E-state index is 14.5. The summed E-state index contributed by atoms with van der Waals surface area (Å²) >= 11 is 5.96. The number of ether oxygens (including phenoxy) is 1. The second kappa shape index (κ2) is 8.99. The lowest BCUT2D eigenvalue weighted by Gasteiger charge is -2.30. The molecule has 150 valence electrons. The van der Waals surface area contributed by atoms with E-state index >= 15 is 0 Å². The Morgan fingerprint density at radius 3 is 2.82 bits per heavy atom. The zero-order valence-corrected chi connectivity index (χ0v) is 17.2. The van der Waals surface area contributed by atoms with Crippen molar-refractivity contribution < 1.29 is 13.9 Å². The average Bonchev–Trinajstić information content (AvgIpc) is 2.62. The number of aromatic nitrogens is 1. The van der Waals surface area contributed by atoms with Gasteiger partial charge in [0, 0.05) is 18.2 Å². The van der Waals surface area contributed by atoms with Gasteiger partial charge in [0.15, 0.2) is 5.78 Å². The van der Waals surface area contributed by atoms with E-state index in [1.54, 1.807) is 25.1 Å². The normalized spacial score (nSPS) is 18.9. The van der Waals surface area contributed by atoms with Gasteiger partial charge in [0.25, 0.3) is 0 Å². The quantitative estimate of drug-likeness (QED) is 0.736. The summed E-state index contributed by atoms with van der Waals surface area (Å²) in [5.41, 5.74) is 7.06. The van der Waals surface area contributed by atoms with Crippen molar-refractivity contribution in [1.82, 2.24) is 4.98 Å². The Labute approximate surface area is 174 Å². The molecule has 0 amide bonds. The highest BCUT2D eigenvalue weighted by Gasteiger charge is 2.33. The number of carbonyl (C=O) groups is 1. The van der Waals surface area contributed by atoms with Crippen LogP contribution in [0.2, 0.25) is 5.02 Å². The van der Waals surface area contributed by atoms with Gasteiger partial charge in [-0.25, -0.2) is 4.39 Å². The number of hydrogen-bond donors (Lipinski definition) is 1. The molecular formula is C20H22Cl2FN3O2. The van der Waals surface area contributed by atoms with Gasteiger partial charge in [0.05, 0.1) is 11.6 Å². The van der Waals surface area contributed by atoms with Crippen molar-refractivity contribution in [2.45, 2.75) is 32.2 Å². The van der Waals surface area contributed by atoms with E-state index in [-0.39, 0.29) is 37.8 Å². The Balaban J connectivity index is 0.00000280. The highest BCUT2D eigenvalue weighted by molar-refractivity contribution is 6.30. The molecule has 2 aromatic rings. The number of ketones is 1. The fourth-order valence-corrected chi connectivity index (χ4v) is 3.42. The molecule has 5 nitrogen and oxygen atoms in total. The van der Waals surface area contributed by atoms with Crippen molar-refractivity contribution in [2.75, 3.05) is 13.2 Å². The topological polar surface area (TPSA) is 77.6 Å². The molecule has 3 rings (SSSR count). The predicted molar refractivity (Wildman–Crippen MR) is 110 cm³/mol. The van der Waals surface area contributed by atoms with Gasteiger partial charge in [-0.3, -0.25) is 14.8 Å². The number of nitrogens with zero attached hydrogens (tertiary/aromatic N) is 2. The number of Topliss-reactive ketones (excluding diaryl/α,β-unsaturated/α-hetero) is 1. The van der Waals surface area contributed by atoms with Gasteiger partial charge in [-0.1, -0.05) is 24.6 Å². The Kier molecular flexibility index (Phi) is 7.15. The summed E-state index contributed by atoms with van der Waals surface area (Å²) in [5, 5.41) is 0.494. The lowest BCUT2D eigenvalue weighted by molar-refractivity contribution is 0.0986. The third-order valence-corrected chi connectivity index (χ3v) is 4.78. The lowest BCUT2D eigenvalue weighted by Crippen LogP contribution is -2.38. The van der Waals surface area contributed by atoms with E-state index in [0.29, 0.717) is 34.1 Å². The monoisotopic (exact) mass is 425 g/mol. The van der Waals surface area contributed by atoms with E-state index in [1.807, 2.05) is 6.92 Å². The summed E-state index contributed by atoms with van der Waals surface area (Å²) in [7, 11) is 0. The van der Waals surface area contributed by atoms with Gasteiger partial charge in [-0.2, -0.15) is 0 Å². The molecule has 1 aromatic heterocycles. The molecule has 1 aliphatic rings. The molecule has 0 saturated carbocycles. The minimum absolute atomic E-state index is 0. The number of hydrogen-bond acceptors (Lipinski definition) is 5. The van der Waals surface area contributed by atoms with Crippen molar-refractivity contribution in [3.63, 3.8) is 0 Å². The minimum Gasteiger partial charge on any atom is -0.386 e. The summed E-state index contributed by atoms with van der Waals surface area (Å²) in [6.07, 6.45) is 2.21. The van der Waals surface area contributed by atoms with Crippen LogP contribution in [0.15, 0.2) is 35.5 Å². The van der Waals surface area contributed by atoms with Crippen molar-refractivity contribution in [1.29, 1.82) is 0 Å². The van der Waals surface area contributed by atoms with Crippen LogP contribution in [0.5, 0.6) is 0 Å². The second-order valence-electron chi connectivity index (χ2n) is 6.80. The fourth-order valence-electron chi connectivity index (χ4n) is 3.24. The van der Waals surface area contributed by atoms with Crippen molar-refractivity contribution >= 4 is 35.6 Å². The number of halogens is 3. The maximum atomic E-state index is 14.5. The summed E-state index contributed by atoms with van der Waals surface area (Å²) < 4.78 is 19.9. The van der Waals surface area contributed by atoms with E-state index < -0.39 is 11.4 Å². The summed E-state index contributed by atoms with van der Waals surface area (Å²) in [5.74, 6) is -0.230. The largest absolute Gasteiger partial charge is 0.386 e. The number of aliphatic imine (C=N–C) groups is 1. The van der Waals surface area contributed by atoms with E-state index in [0.717, 1.165) is 5.56 Å². The van der Waals surface area contributed by atoms with E-state index in [1.165, 1.54) is 12.3 Å². The van der Waals surface area contributed by atoms with Gasteiger partial charge in [0.1, 0.15) is 29.5 Å². The first-order chi connectivity index (χ1) is 12.8. The van der Waals surface area contributed by atoms with Crippen LogP contribution in [0.1, 0.15) is 41.0 Å². The number of nitrogens with two attached hydrogens (primary N) is 1. The number of aryl methyl sites for hydroxylation is 1. The zero-order valence-electron chi connectivity index (χ0n) is 15.7. The highest BCUT2D eigenvalue weighted by atomic mass is 35.5. The van der Waals surface area contributed by atoms with Crippen LogP contribution in [0.4, 0.5) is 4.39 Å². The number of rotatable bonds is 5. The summed E-state index contributed by atoms with van der Waals surface area (Å²) in [4.78, 5) is 21.3. The molecule has 8 heteroatoms. The van der Waals surface area contributed by atoms with Crippen molar-refractivity contribution in [2.24, 2.45) is 10.7 Å². The Hall–Kier alpha value is -2.02. The van der Waals surface area contributed by atoms with Gasteiger partial charge in [-0.15, -0.1) is 12.4 Å². The first kappa shape index (κ1) is 22.3. The molecule has 28 heavy (non-hydrogen) atoms. The fraction of sp³-hybridized carbons (Fsp3) is 0.350. The van der Waals surface area contributed by atoms with E-state index in [4.69, 9.17) is 22.1 Å². The van der Waals surface area contributed by atoms with Gasteiger partial charge < -0.3 is 10.5 Å². The summed E-state index contributed by atoms with van der Waals surface area (Å²) in [6.45, 7) is 4.16. The third-order valence-electron chi connectivity index (χ3n) is 4.58. The maximum Gasteiger partial charge on any atom is 0.185 e. The molecule has 2 heterocycles. The van der Waals surface area contributed by atoms with Crippen LogP contribution in [-0.4, -0.2) is 29.8 Å². The lowest BCUT2D eigenvalue weighted by atomic mass is 9.89. The highest BCUT2D eigenvalue weighted by Crippen LogP contribution is 2.31. The van der Waals surface area contributed by atoms with E-state index in [2.05, 4.69) is 9.98 Å². The van der Waals surface area contributed by atoms with Crippen LogP contribution >= 0.6 is 24.0 Å². The molecular weight excluding hydrogens is 404 g/mol. The van der Waals surface area contributed by atoms with Gasteiger partial charge in [0.2, 0.25) is 0 Å². The zero-order chi connectivity index (χ0) is 19.6. The number of benzene rings is 1. The Bertz CT molecular complexity index is 920. The van der Waals surface area contributed by atoms with E-state index in [9.17, 15) is 9.18 Å². The SMILES string of the molecule is CCc1cc(Cl)cnc1C(=O)Cc1ccc(F)c([C@]2(C)COCC(N)=N2)c1.Cl. The number of pyridine rings is 1. The standard InChI is InChI=1S/C20H21ClFN3O2.ClH/c1-3-13-8-14(21)9-24-19(13)17(26)7-12-4-5-16(22)15(6-12)20(2)11-27-10-18(23)25-20;/h4-6,8-9H,3,7,10-11H2,1-2H3,(H2,23,25);1H/t20-;/m0./s1. The minimum atomic E-state index is -0.918. The third kappa shape index (κ3) is 4.69. The smallest absolute Gasteiger partial charge is 0.185 e. The summed E-state index contributed by atoms with van der Waals surface area (Å²) in [6, 6.07) is 6.34. The molecule has 0 bridgehead atoms. The van der Waals surface area contributed by atoms with Crippen LogP contribution in [0.25, 0.3) is 0 Å².